The molecule has 4 heteroatoms. The highest BCUT2D eigenvalue weighted by atomic mass is 16.6. The van der Waals surface area contributed by atoms with Crippen molar-refractivity contribution in [3.63, 3.8) is 0 Å². The molecule has 0 spiro atoms. The standard InChI is InChI=1S/C11H14N2O2/c1-9-7-13(11(14)15-8-9)12-10-5-3-2-4-6-10/h2-6,9,12H,7-8H2,1H3. The van der Waals surface area contributed by atoms with Crippen LogP contribution in [0.1, 0.15) is 6.92 Å². The molecule has 1 N–H and O–H groups in total. The highest BCUT2D eigenvalue weighted by Crippen LogP contribution is 2.13. The number of anilines is 1. The third kappa shape index (κ3) is 2.40. The summed E-state index contributed by atoms with van der Waals surface area (Å²) in [7, 11) is 0. The second-order valence-electron chi connectivity index (χ2n) is 3.77. The van der Waals surface area contributed by atoms with Crippen LogP contribution in [0.4, 0.5) is 10.5 Å². The maximum Gasteiger partial charge on any atom is 0.428 e. The molecule has 1 aromatic rings. The van der Waals surface area contributed by atoms with Crippen LogP contribution in [-0.4, -0.2) is 24.3 Å². The Morgan fingerprint density at radius 1 is 1.40 bits per heavy atom. The maximum atomic E-state index is 11.4. The van der Waals surface area contributed by atoms with Crippen LogP contribution >= 0.6 is 0 Å². The number of carbonyl (C=O) groups excluding carboxylic acids is 1. The molecule has 1 aliphatic heterocycles. The van der Waals surface area contributed by atoms with Gasteiger partial charge in [0.25, 0.3) is 0 Å². The Balaban J connectivity index is 2.01. The minimum atomic E-state index is -0.308. The molecule has 0 radical (unpaired) electrons. The van der Waals surface area contributed by atoms with Gasteiger partial charge in [-0.05, 0) is 12.1 Å². The van der Waals surface area contributed by atoms with Crippen LogP contribution in [0.15, 0.2) is 30.3 Å². The molecule has 1 fully saturated rings. The molecule has 1 atom stereocenters. The predicted molar refractivity (Wildman–Crippen MR) is 57.3 cm³/mol. The number of rotatable bonds is 2. The van der Waals surface area contributed by atoms with E-state index in [0.29, 0.717) is 19.1 Å². The molecule has 0 saturated carbocycles. The molecule has 0 bridgehead atoms. The van der Waals surface area contributed by atoms with Crippen LogP contribution in [-0.2, 0) is 4.74 Å². The fourth-order valence-corrected chi connectivity index (χ4v) is 1.49. The fourth-order valence-electron chi connectivity index (χ4n) is 1.49. The topological polar surface area (TPSA) is 41.6 Å². The van der Waals surface area contributed by atoms with E-state index >= 15 is 0 Å². The summed E-state index contributed by atoms with van der Waals surface area (Å²) in [6.07, 6.45) is -0.308. The summed E-state index contributed by atoms with van der Waals surface area (Å²) in [5.74, 6) is 0.360. The molecular formula is C11H14N2O2. The lowest BCUT2D eigenvalue weighted by Gasteiger charge is -2.30. The first kappa shape index (κ1) is 9.83. The van der Waals surface area contributed by atoms with Gasteiger partial charge in [-0.15, -0.1) is 0 Å². The molecule has 1 aliphatic rings. The molecule has 4 nitrogen and oxygen atoms in total. The van der Waals surface area contributed by atoms with Crippen LogP contribution in [0.3, 0.4) is 0 Å². The van der Waals surface area contributed by atoms with E-state index in [1.807, 2.05) is 37.3 Å². The van der Waals surface area contributed by atoms with E-state index in [2.05, 4.69) is 5.43 Å². The smallest absolute Gasteiger partial charge is 0.428 e. The van der Waals surface area contributed by atoms with Crippen molar-refractivity contribution in [1.82, 2.24) is 5.01 Å². The minimum absolute atomic E-state index is 0.308. The van der Waals surface area contributed by atoms with Gasteiger partial charge < -0.3 is 4.74 Å². The molecule has 80 valence electrons. The van der Waals surface area contributed by atoms with Crippen molar-refractivity contribution in [3.8, 4) is 0 Å². The molecule has 0 aromatic heterocycles. The van der Waals surface area contributed by atoms with Crippen LogP contribution in [0.5, 0.6) is 0 Å². The second kappa shape index (κ2) is 4.21. The van der Waals surface area contributed by atoms with Crippen molar-refractivity contribution in [2.75, 3.05) is 18.6 Å². The first-order valence-corrected chi connectivity index (χ1v) is 5.01. The number of para-hydroxylation sites is 1. The Kier molecular flexibility index (Phi) is 2.76. The van der Waals surface area contributed by atoms with Crippen LogP contribution < -0.4 is 5.43 Å². The molecule has 1 heterocycles. The van der Waals surface area contributed by atoms with Gasteiger partial charge in [-0.25, -0.2) is 9.80 Å². The van der Waals surface area contributed by atoms with Crippen LogP contribution in [0.2, 0.25) is 0 Å². The zero-order valence-electron chi connectivity index (χ0n) is 8.64. The Morgan fingerprint density at radius 2 is 2.13 bits per heavy atom. The van der Waals surface area contributed by atoms with Crippen molar-refractivity contribution in [3.05, 3.63) is 30.3 Å². The van der Waals surface area contributed by atoms with E-state index in [9.17, 15) is 4.79 Å². The molecule has 2 rings (SSSR count). The number of hydrogen-bond acceptors (Lipinski definition) is 3. The van der Waals surface area contributed by atoms with Crippen molar-refractivity contribution in [1.29, 1.82) is 0 Å². The van der Waals surface area contributed by atoms with Gasteiger partial charge in [-0.3, -0.25) is 5.43 Å². The van der Waals surface area contributed by atoms with E-state index in [0.717, 1.165) is 5.69 Å². The lowest BCUT2D eigenvalue weighted by Crippen LogP contribution is -2.45. The number of hydrogen-bond donors (Lipinski definition) is 1. The molecule has 1 aromatic carbocycles. The summed E-state index contributed by atoms with van der Waals surface area (Å²) in [4.78, 5) is 11.4. The van der Waals surface area contributed by atoms with E-state index in [1.54, 1.807) is 0 Å². The van der Waals surface area contributed by atoms with Crippen LogP contribution in [0.25, 0.3) is 0 Å². The molecule has 0 aliphatic carbocycles. The number of benzene rings is 1. The number of nitrogens with zero attached hydrogens (tertiary/aromatic N) is 1. The van der Waals surface area contributed by atoms with Gasteiger partial charge in [0.1, 0.15) is 0 Å². The van der Waals surface area contributed by atoms with Gasteiger partial charge >= 0.3 is 6.09 Å². The number of hydrazine groups is 1. The molecule has 1 amide bonds. The third-order valence-corrected chi connectivity index (χ3v) is 2.24. The van der Waals surface area contributed by atoms with Crippen molar-refractivity contribution < 1.29 is 9.53 Å². The van der Waals surface area contributed by atoms with E-state index in [1.165, 1.54) is 5.01 Å². The highest BCUT2D eigenvalue weighted by molar-refractivity contribution is 5.70. The summed E-state index contributed by atoms with van der Waals surface area (Å²) >= 11 is 0. The average molecular weight is 206 g/mol. The van der Waals surface area contributed by atoms with Gasteiger partial charge in [0.05, 0.1) is 18.8 Å². The molecule has 1 saturated heterocycles. The second-order valence-corrected chi connectivity index (χ2v) is 3.77. The first-order chi connectivity index (χ1) is 7.25. The Hall–Kier alpha value is -1.71. The van der Waals surface area contributed by atoms with E-state index in [4.69, 9.17) is 4.74 Å². The zero-order valence-corrected chi connectivity index (χ0v) is 8.64. The van der Waals surface area contributed by atoms with Gasteiger partial charge in [0.2, 0.25) is 0 Å². The summed E-state index contributed by atoms with van der Waals surface area (Å²) in [6, 6.07) is 9.59. The Labute approximate surface area is 88.8 Å². The van der Waals surface area contributed by atoms with Gasteiger partial charge in [0.15, 0.2) is 0 Å². The lowest BCUT2D eigenvalue weighted by atomic mass is 10.2. The molecule has 15 heavy (non-hydrogen) atoms. The number of cyclic esters (lactones) is 1. The normalized spacial score (nSPS) is 21.0. The van der Waals surface area contributed by atoms with Gasteiger partial charge in [0, 0.05) is 5.92 Å². The first-order valence-electron chi connectivity index (χ1n) is 5.01. The Bertz CT molecular complexity index is 340. The number of amides is 1. The van der Waals surface area contributed by atoms with Crippen molar-refractivity contribution in [2.45, 2.75) is 6.92 Å². The van der Waals surface area contributed by atoms with E-state index in [-0.39, 0.29) is 6.09 Å². The molecular weight excluding hydrogens is 192 g/mol. The average Bonchev–Trinajstić information content (AvgIpc) is 2.25. The number of ether oxygens (including phenoxy) is 1. The largest absolute Gasteiger partial charge is 0.448 e. The third-order valence-electron chi connectivity index (χ3n) is 2.24. The summed E-state index contributed by atoms with van der Waals surface area (Å²) in [6.45, 7) is 3.23. The summed E-state index contributed by atoms with van der Waals surface area (Å²) < 4.78 is 5.00. The summed E-state index contributed by atoms with van der Waals surface area (Å²) in [5, 5.41) is 1.50. The predicted octanol–water partition coefficient (Wildman–Crippen LogP) is 2.10. The maximum absolute atomic E-state index is 11.4. The zero-order chi connectivity index (χ0) is 10.7. The van der Waals surface area contributed by atoms with Crippen LogP contribution in [0, 0.1) is 5.92 Å². The minimum Gasteiger partial charge on any atom is -0.448 e. The van der Waals surface area contributed by atoms with Gasteiger partial charge in [-0.2, -0.15) is 0 Å². The number of carbonyl (C=O) groups is 1. The highest BCUT2D eigenvalue weighted by Gasteiger charge is 2.24. The number of nitrogens with one attached hydrogen (secondary N) is 1. The quantitative estimate of drug-likeness (QED) is 0.805. The van der Waals surface area contributed by atoms with Crippen molar-refractivity contribution in [2.24, 2.45) is 5.92 Å². The Morgan fingerprint density at radius 3 is 2.87 bits per heavy atom. The monoisotopic (exact) mass is 206 g/mol. The SMILES string of the molecule is CC1COC(=O)N(Nc2ccccc2)C1. The lowest BCUT2D eigenvalue weighted by molar-refractivity contribution is 0.0576. The van der Waals surface area contributed by atoms with Crippen molar-refractivity contribution >= 4 is 11.8 Å². The van der Waals surface area contributed by atoms with Gasteiger partial charge in [-0.1, -0.05) is 25.1 Å². The fraction of sp³-hybridized carbons (Fsp3) is 0.364. The summed E-state index contributed by atoms with van der Waals surface area (Å²) in [5.41, 5.74) is 3.91. The van der Waals surface area contributed by atoms with E-state index < -0.39 is 0 Å². The molecule has 1 unspecified atom stereocenters.